The van der Waals surface area contributed by atoms with Crippen molar-refractivity contribution in [2.24, 2.45) is 0 Å². The molecule has 11 heavy (non-hydrogen) atoms. The summed E-state index contributed by atoms with van der Waals surface area (Å²) < 4.78 is 1.10. The zero-order chi connectivity index (χ0) is 8.27. The molecular weight excluding hydrogens is 251 g/mol. The van der Waals surface area contributed by atoms with Gasteiger partial charge in [0.05, 0.1) is 11.4 Å². The van der Waals surface area contributed by atoms with E-state index in [-0.39, 0.29) is 0 Å². The Bertz CT molecular complexity index is 248. The summed E-state index contributed by atoms with van der Waals surface area (Å²) in [5.41, 5.74) is 7.67. The molecule has 0 unspecified atom stereocenters. The molecule has 0 radical (unpaired) electrons. The summed E-state index contributed by atoms with van der Waals surface area (Å²) in [6, 6.07) is 5.98. The minimum Gasteiger partial charge on any atom is -0.396 e. The highest BCUT2D eigenvalue weighted by molar-refractivity contribution is 14.1. The molecule has 0 aliphatic heterocycles. The van der Waals surface area contributed by atoms with E-state index in [1.165, 1.54) is 0 Å². The highest BCUT2D eigenvalue weighted by Gasteiger charge is 1.99. The molecule has 60 valence electrons. The van der Waals surface area contributed by atoms with Gasteiger partial charge in [0.2, 0.25) is 0 Å². The van der Waals surface area contributed by atoms with Gasteiger partial charge in [-0.15, -0.1) is 0 Å². The van der Waals surface area contributed by atoms with Crippen LogP contribution in [0.2, 0.25) is 0 Å². The van der Waals surface area contributed by atoms with E-state index >= 15 is 0 Å². The summed E-state index contributed by atoms with van der Waals surface area (Å²) in [7, 11) is 0. The molecule has 0 atom stereocenters. The number of halogens is 1. The second-order valence-corrected chi connectivity index (χ2v) is 3.39. The van der Waals surface area contributed by atoms with Gasteiger partial charge in [0.15, 0.2) is 0 Å². The van der Waals surface area contributed by atoms with Gasteiger partial charge in [-0.3, -0.25) is 0 Å². The molecule has 1 rings (SSSR count). The van der Waals surface area contributed by atoms with Crippen molar-refractivity contribution in [3.8, 4) is 0 Å². The maximum Gasteiger partial charge on any atom is 0.0685 e. The van der Waals surface area contributed by atoms with E-state index in [4.69, 9.17) is 5.73 Å². The second-order valence-electron chi connectivity index (χ2n) is 2.23. The molecule has 0 aliphatic carbocycles. The van der Waals surface area contributed by atoms with Crippen molar-refractivity contribution in [1.82, 2.24) is 0 Å². The van der Waals surface area contributed by atoms with Crippen LogP contribution in [0.25, 0.3) is 0 Å². The molecule has 0 saturated heterocycles. The Hall–Kier alpha value is -0.450. The molecular formula is C8H11IN2. The van der Waals surface area contributed by atoms with E-state index in [0.717, 1.165) is 21.5 Å². The van der Waals surface area contributed by atoms with Crippen molar-refractivity contribution in [3.05, 3.63) is 21.8 Å². The standard InChI is InChI=1S/C8H11IN2/c1-2-11-7-5-3-4-6(9)8(7)10/h3-5,11H,2,10H2,1H3. The highest BCUT2D eigenvalue weighted by atomic mass is 127. The Morgan fingerprint density at radius 3 is 2.91 bits per heavy atom. The smallest absolute Gasteiger partial charge is 0.0685 e. The van der Waals surface area contributed by atoms with Gasteiger partial charge in [-0.1, -0.05) is 6.07 Å². The summed E-state index contributed by atoms with van der Waals surface area (Å²) in [6.45, 7) is 2.96. The van der Waals surface area contributed by atoms with Gasteiger partial charge in [0, 0.05) is 10.1 Å². The third kappa shape index (κ3) is 1.99. The molecule has 3 heteroatoms. The molecule has 1 aromatic rings. The van der Waals surface area contributed by atoms with E-state index in [1.807, 2.05) is 18.2 Å². The molecule has 0 amide bonds. The van der Waals surface area contributed by atoms with Crippen LogP contribution >= 0.6 is 22.6 Å². The molecule has 0 aliphatic rings. The van der Waals surface area contributed by atoms with Gasteiger partial charge < -0.3 is 11.1 Å². The van der Waals surface area contributed by atoms with E-state index in [9.17, 15) is 0 Å². The first-order valence-corrected chi connectivity index (χ1v) is 4.61. The minimum absolute atomic E-state index is 0.843. The predicted octanol–water partition coefficient (Wildman–Crippen LogP) is 2.31. The summed E-state index contributed by atoms with van der Waals surface area (Å²) in [6.07, 6.45) is 0. The molecule has 3 N–H and O–H groups in total. The Morgan fingerprint density at radius 2 is 2.27 bits per heavy atom. The minimum atomic E-state index is 0.843. The zero-order valence-electron chi connectivity index (χ0n) is 6.39. The van der Waals surface area contributed by atoms with Crippen molar-refractivity contribution >= 4 is 34.0 Å². The molecule has 0 heterocycles. The predicted molar refractivity (Wildman–Crippen MR) is 57.7 cm³/mol. The second kappa shape index (κ2) is 3.80. The van der Waals surface area contributed by atoms with Gasteiger partial charge in [-0.25, -0.2) is 0 Å². The SMILES string of the molecule is CCNc1cccc(I)c1N. The topological polar surface area (TPSA) is 38.0 Å². The van der Waals surface area contributed by atoms with Crippen LogP contribution in [-0.4, -0.2) is 6.54 Å². The number of anilines is 2. The highest BCUT2D eigenvalue weighted by Crippen LogP contribution is 2.23. The first-order chi connectivity index (χ1) is 5.25. The largest absolute Gasteiger partial charge is 0.396 e. The van der Waals surface area contributed by atoms with Crippen LogP contribution in [0, 0.1) is 3.57 Å². The quantitative estimate of drug-likeness (QED) is 0.634. The molecule has 0 bridgehead atoms. The summed E-state index contributed by atoms with van der Waals surface area (Å²) >= 11 is 2.22. The van der Waals surface area contributed by atoms with Crippen molar-refractivity contribution in [2.45, 2.75) is 6.92 Å². The first-order valence-electron chi connectivity index (χ1n) is 3.53. The van der Waals surface area contributed by atoms with Crippen LogP contribution < -0.4 is 11.1 Å². The number of nitrogens with one attached hydrogen (secondary N) is 1. The molecule has 2 nitrogen and oxygen atoms in total. The number of rotatable bonds is 2. The Balaban J connectivity index is 2.96. The lowest BCUT2D eigenvalue weighted by molar-refractivity contribution is 1.21. The summed E-state index contributed by atoms with van der Waals surface area (Å²) in [4.78, 5) is 0. The monoisotopic (exact) mass is 262 g/mol. The number of nitrogens with two attached hydrogens (primary N) is 1. The van der Waals surface area contributed by atoms with Crippen LogP contribution in [0.1, 0.15) is 6.92 Å². The van der Waals surface area contributed by atoms with Crippen molar-refractivity contribution in [3.63, 3.8) is 0 Å². The van der Waals surface area contributed by atoms with Crippen molar-refractivity contribution in [1.29, 1.82) is 0 Å². The fraction of sp³-hybridized carbons (Fsp3) is 0.250. The summed E-state index contributed by atoms with van der Waals surface area (Å²) in [5, 5.41) is 3.19. The Morgan fingerprint density at radius 1 is 1.55 bits per heavy atom. The van der Waals surface area contributed by atoms with Gasteiger partial charge in [-0.05, 0) is 41.6 Å². The molecule has 1 aromatic carbocycles. The van der Waals surface area contributed by atoms with Gasteiger partial charge in [0.1, 0.15) is 0 Å². The first kappa shape index (κ1) is 8.64. The lowest BCUT2D eigenvalue weighted by Gasteiger charge is -2.07. The fourth-order valence-electron chi connectivity index (χ4n) is 0.882. The van der Waals surface area contributed by atoms with Gasteiger partial charge in [-0.2, -0.15) is 0 Å². The summed E-state index contributed by atoms with van der Waals surface area (Å²) in [5.74, 6) is 0. The number of benzene rings is 1. The van der Waals surface area contributed by atoms with Crippen LogP contribution in [0.5, 0.6) is 0 Å². The van der Waals surface area contributed by atoms with Crippen LogP contribution in [0.4, 0.5) is 11.4 Å². The Labute approximate surface area is 80.3 Å². The average Bonchev–Trinajstić information content (AvgIpc) is 1.99. The Kier molecular flexibility index (Phi) is 2.99. The van der Waals surface area contributed by atoms with E-state index in [2.05, 4.69) is 34.8 Å². The molecule has 0 aromatic heterocycles. The van der Waals surface area contributed by atoms with Crippen molar-refractivity contribution in [2.75, 3.05) is 17.6 Å². The van der Waals surface area contributed by atoms with E-state index in [1.54, 1.807) is 0 Å². The lowest BCUT2D eigenvalue weighted by atomic mass is 10.3. The van der Waals surface area contributed by atoms with E-state index < -0.39 is 0 Å². The van der Waals surface area contributed by atoms with E-state index in [0.29, 0.717) is 0 Å². The molecule has 0 spiro atoms. The normalized spacial score (nSPS) is 9.64. The van der Waals surface area contributed by atoms with Gasteiger partial charge >= 0.3 is 0 Å². The maximum absolute atomic E-state index is 5.80. The lowest BCUT2D eigenvalue weighted by Crippen LogP contribution is -2.01. The van der Waals surface area contributed by atoms with Gasteiger partial charge in [0.25, 0.3) is 0 Å². The average molecular weight is 262 g/mol. The third-order valence-electron chi connectivity index (χ3n) is 1.42. The van der Waals surface area contributed by atoms with Crippen LogP contribution in [-0.2, 0) is 0 Å². The zero-order valence-corrected chi connectivity index (χ0v) is 8.55. The fourth-order valence-corrected chi connectivity index (χ4v) is 1.38. The number of nitrogen functional groups attached to an aromatic ring is 1. The molecule has 0 fully saturated rings. The van der Waals surface area contributed by atoms with Crippen LogP contribution in [0.15, 0.2) is 18.2 Å². The maximum atomic E-state index is 5.80. The number of para-hydroxylation sites is 1. The van der Waals surface area contributed by atoms with Crippen molar-refractivity contribution < 1.29 is 0 Å². The number of hydrogen-bond donors (Lipinski definition) is 2. The number of hydrogen-bond acceptors (Lipinski definition) is 2. The molecule has 0 saturated carbocycles. The van der Waals surface area contributed by atoms with Crippen LogP contribution in [0.3, 0.4) is 0 Å². The third-order valence-corrected chi connectivity index (χ3v) is 2.36.